The standard InChI is InChI=1S/C17H21ClN2/c1-2-19-13-17(15-8-10-16(18)11-9-15)20-12-14-6-4-3-5-7-14/h3-11,17,19-20H,2,12-13H2,1H3. The van der Waals surface area contributed by atoms with Gasteiger partial charge in [-0.05, 0) is 29.8 Å². The summed E-state index contributed by atoms with van der Waals surface area (Å²) in [7, 11) is 0. The fraction of sp³-hybridized carbons (Fsp3) is 0.294. The average Bonchev–Trinajstić information content (AvgIpc) is 2.50. The van der Waals surface area contributed by atoms with Gasteiger partial charge in [0.05, 0.1) is 0 Å². The normalized spacial score (nSPS) is 12.3. The van der Waals surface area contributed by atoms with Crippen LogP contribution < -0.4 is 10.6 Å². The van der Waals surface area contributed by atoms with Crippen molar-refractivity contribution < 1.29 is 0 Å². The van der Waals surface area contributed by atoms with Crippen molar-refractivity contribution in [2.75, 3.05) is 13.1 Å². The molecule has 2 N–H and O–H groups in total. The van der Waals surface area contributed by atoms with E-state index in [0.717, 1.165) is 24.7 Å². The Bertz CT molecular complexity index is 496. The molecule has 2 aromatic carbocycles. The average molecular weight is 289 g/mol. The van der Waals surface area contributed by atoms with Gasteiger partial charge in [0.1, 0.15) is 0 Å². The van der Waals surface area contributed by atoms with Gasteiger partial charge in [-0.1, -0.05) is 61.0 Å². The summed E-state index contributed by atoms with van der Waals surface area (Å²) in [5.41, 5.74) is 2.55. The van der Waals surface area contributed by atoms with Crippen LogP contribution in [0.15, 0.2) is 54.6 Å². The molecule has 0 bridgehead atoms. The molecule has 0 amide bonds. The van der Waals surface area contributed by atoms with E-state index in [1.165, 1.54) is 11.1 Å². The second kappa shape index (κ2) is 8.05. The van der Waals surface area contributed by atoms with Crippen LogP contribution in [0, 0.1) is 0 Å². The van der Waals surface area contributed by atoms with E-state index in [4.69, 9.17) is 11.6 Å². The number of likely N-dealkylation sites (N-methyl/N-ethyl adjacent to an activating group) is 1. The van der Waals surface area contributed by atoms with Crippen molar-refractivity contribution >= 4 is 11.6 Å². The summed E-state index contributed by atoms with van der Waals surface area (Å²) in [5, 5.41) is 7.78. The van der Waals surface area contributed by atoms with Crippen LogP contribution in [-0.4, -0.2) is 13.1 Å². The molecule has 1 unspecified atom stereocenters. The third-order valence-corrected chi connectivity index (χ3v) is 3.52. The Hall–Kier alpha value is -1.35. The van der Waals surface area contributed by atoms with Gasteiger partial charge in [-0.2, -0.15) is 0 Å². The van der Waals surface area contributed by atoms with Crippen molar-refractivity contribution in [3.8, 4) is 0 Å². The molecule has 0 aliphatic heterocycles. The summed E-state index contributed by atoms with van der Waals surface area (Å²) < 4.78 is 0. The number of hydrogen-bond acceptors (Lipinski definition) is 2. The van der Waals surface area contributed by atoms with Crippen LogP contribution in [0.4, 0.5) is 0 Å². The molecule has 3 heteroatoms. The van der Waals surface area contributed by atoms with E-state index in [1.807, 2.05) is 18.2 Å². The second-order valence-corrected chi connectivity index (χ2v) is 5.21. The van der Waals surface area contributed by atoms with Crippen LogP contribution in [0.25, 0.3) is 0 Å². The van der Waals surface area contributed by atoms with E-state index in [1.54, 1.807) is 0 Å². The lowest BCUT2D eigenvalue weighted by Gasteiger charge is -2.20. The zero-order valence-corrected chi connectivity index (χ0v) is 12.5. The van der Waals surface area contributed by atoms with Gasteiger partial charge in [0, 0.05) is 24.2 Å². The smallest absolute Gasteiger partial charge is 0.0449 e. The highest BCUT2D eigenvalue weighted by molar-refractivity contribution is 6.30. The molecule has 2 nitrogen and oxygen atoms in total. The number of hydrogen-bond donors (Lipinski definition) is 2. The Morgan fingerprint density at radius 2 is 1.70 bits per heavy atom. The molecule has 0 heterocycles. The van der Waals surface area contributed by atoms with Crippen LogP contribution >= 0.6 is 11.6 Å². The largest absolute Gasteiger partial charge is 0.315 e. The Kier molecular flexibility index (Phi) is 6.06. The third kappa shape index (κ3) is 4.64. The van der Waals surface area contributed by atoms with E-state index in [0.29, 0.717) is 0 Å². The zero-order valence-electron chi connectivity index (χ0n) is 11.8. The molecule has 0 spiro atoms. The van der Waals surface area contributed by atoms with E-state index in [-0.39, 0.29) is 6.04 Å². The summed E-state index contributed by atoms with van der Waals surface area (Å²) in [4.78, 5) is 0. The molecule has 0 aliphatic carbocycles. The maximum Gasteiger partial charge on any atom is 0.0449 e. The molecular formula is C17H21ClN2. The fourth-order valence-corrected chi connectivity index (χ4v) is 2.25. The first-order valence-electron chi connectivity index (χ1n) is 7.03. The van der Waals surface area contributed by atoms with Crippen LogP contribution in [0.2, 0.25) is 5.02 Å². The van der Waals surface area contributed by atoms with Crippen LogP contribution in [-0.2, 0) is 6.54 Å². The van der Waals surface area contributed by atoms with Crippen molar-refractivity contribution in [3.63, 3.8) is 0 Å². The number of rotatable bonds is 7. The zero-order chi connectivity index (χ0) is 14.2. The monoisotopic (exact) mass is 288 g/mol. The Labute approximate surface area is 126 Å². The summed E-state index contributed by atoms with van der Waals surface area (Å²) in [6.45, 7) is 4.86. The highest BCUT2D eigenvalue weighted by atomic mass is 35.5. The summed E-state index contributed by atoms with van der Waals surface area (Å²) in [5.74, 6) is 0. The van der Waals surface area contributed by atoms with Crippen molar-refractivity contribution in [1.82, 2.24) is 10.6 Å². The number of nitrogens with one attached hydrogen (secondary N) is 2. The van der Waals surface area contributed by atoms with Gasteiger partial charge in [0.25, 0.3) is 0 Å². The molecule has 0 aliphatic rings. The lowest BCUT2D eigenvalue weighted by molar-refractivity contribution is 0.495. The second-order valence-electron chi connectivity index (χ2n) is 4.78. The molecule has 106 valence electrons. The van der Waals surface area contributed by atoms with Crippen molar-refractivity contribution in [2.45, 2.75) is 19.5 Å². The maximum absolute atomic E-state index is 5.96. The Morgan fingerprint density at radius 3 is 2.35 bits per heavy atom. The first-order chi connectivity index (χ1) is 9.79. The molecular weight excluding hydrogens is 268 g/mol. The maximum atomic E-state index is 5.96. The summed E-state index contributed by atoms with van der Waals surface area (Å²) in [6, 6.07) is 18.8. The van der Waals surface area contributed by atoms with Gasteiger partial charge in [0.15, 0.2) is 0 Å². The van der Waals surface area contributed by atoms with Crippen LogP contribution in [0.3, 0.4) is 0 Å². The molecule has 20 heavy (non-hydrogen) atoms. The molecule has 1 atom stereocenters. The van der Waals surface area contributed by atoms with E-state index in [2.05, 4.69) is 54.0 Å². The molecule has 0 fully saturated rings. The minimum Gasteiger partial charge on any atom is -0.315 e. The van der Waals surface area contributed by atoms with Crippen molar-refractivity contribution in [1.29, 1.82) is 0 Å². The topological polar surface area (TPSA) is 24.1 Å². The molecule has 0 aromatic heterocycles. The molecule has 2 aromatic rings. The minimum atomic E-state index is 0.285. The lowest BCUT2D eigenvalue weighted by Crippen LogP contribution is -2.31. The van der Waals surface area contributed by atoms with E-state index >= 15 is 0 Å². The van der Waals surface area contributed by atoms with Gasteiger partial charge >= 0.3 is 0 Å². The SMILES string of the molecule is CCNCC(NCc1ccccc1)c1ccc(Cl)cc1. The Morgan fingerprint density at radius 1 is 1.00 bits per heavy atom. The quantitative estimate of drug-likeness (QED) is 0.810. The Balaban J connectivity index is 2.01. The number of benzene rings is 2. The van der Waals surface area contributed by atoms with Gasteiger partial charge in [-0.25, -0.2) is 0 Å². The first kappa shape index (κ1) is 15.0. The molecule has 0 saturated heterocycles. The van der Waals surface area contributed by atoms with Gasteiger partial charge in [0.2, 0.25) is 0 Å². The lowest BCUT2D eigenvalue weighted by atomic mass is 10.1. The van der Waals surface area contributed by atoms with Crippen LogP contribution in [0.5, 0.6) is 0 Å². The molecule has 0 radical (unpaired) electrons. The van der Waals surface area contributed by atoms with Crippen LogP contribution in [0.1, 0.15) is 24.1 Å². The molecule has 0 saturated carbocycles. The first-order valence-corrected chi connectivity index (χ1v) is 7.41. The van der Waals surface area contributed by atoms with Crippen molar-refractivity contribution in [3.05, 3.63) is 70.7 Å². The highest BCUT2D eigenvalue weighted by Gasteiger charge is 2.10. The molecule has 2 rings (SSSR count). The highest BCUT2D eigenvalue weighted by Crippen LogP contribution is 2.16. The van der Waals surface area contributed by atoms with Gasteiger partial charge in [-0.15, -0.1) is 0 Å². The predicted molar refractivity (Wildman–Crippen MR) is 86.0 cm³/mol. The van der Waals surface area contributed by atoms with Gasteiger partial charge < -0.3 is 10.6 Å². The minimum absolute atomic E-state index is 0.285. The summed E-state index contributed by atoms with van der Waals surface area (Å²) >= 11 is 5.96. The third-order valence-electron chi connectivity index (χ3n) is 3.27. The summed E-state index contributed by atoms with van der Waals surface area (Å²) in [6.07, 6.45) is 0. The van der Waals surface area contributed by atoms with E-state index < -0.39 is 0 Å². The number of halogens is 1. The predicted octanol–water partition coefficient (Wildman–Crippen LogP) is 3.78. The van der Waals surface area contributed by atoms with E-state index in [9.17, 15) is 0 Å². The van der Waals surface area contributed by atoms with Gasteiger partial charge in [-0.3, -0.25) is 0 Å². The fourth-order valence-electron chi connectivity index (χ4n) is 2.13. The van der Waals surface area contributed by atoms with Crippen molar-refractivity contribution in [2.24, 2.45) is 0 Å².